The average molecular weight is 195 g/mol. The molecule has 0 radical (unpaired) electrons. The van der Waals surface area contributed by atoms with Gasteiger partial charge in [-0.1, -0.05) is 16.9 Å². The lowest BCUT2D eigenvalue weighted by Crippen LogP contribution is -1.80. The molecule has 0 aromatic carbocycles. The molecule has 5 heteroatoms. The molecule has 0 aliphatic carbocycles. The Labute approximate surface area is 79.7 Å². The Bertz CT molecular complexity index is 368. The highest BCUT2D eigenvalue weighted by atomic mass is 32.2. The Kier molecular flexibility index (Phi) is 2.35. The highest BCUT2D eigenvalue weighted by Crippen LogP contribution is 2.17. The lowest BCUT2D eigenvalue weighted by atomic mass is 10.4. The summed E-state index contributed by atoms with van der Waals surface area (Å²) in [5, 5.41) is 4.78. The van der Waals surface area contributed by atoms with Crippen molar-refractivity contribution in [3.8, 4) is 0 Å². The van der Waals surface area contributed by atoms with Crippen molar-refractivity contribution in [2.24, 2.45) is 0 Å². The second-order valence-electron chi connectivity index (χ2n) is 2.61. The Hall–Kier alpha value is -1.23. The monoisotopic (exact) mass is 195 g/mol. The van der Waals surface area contributed by atoms with E-state index >= 15 is 0 Å². The summed E-state index contributed by atoms with van der Waals surface area (Å²) in [6.07, 6.45) is 3.53. The van der Waals surface area contributed by atoms with E-state index in [-0.39, 0.29) is 0 Å². The number of nitrogens with zero attached hydrogens (tertiary/aromatic N) is 2. The van der Waals surface area contributed by atoms with E-state index in [0.717, 1.165) is 22.4 Å². The van der Waals surface area contributed by atoms with Gasteiger partial charge in [0, 0.05) is 24.2 Å². The Morgan fingerprint density at radius 1 is 1.62 bits per heavy atom. The van der Waals surface area contributed by atoms with Crippen molar-refractivity contribution in [2.45, 2.75) is 17.8 Å². The van der Waals surface area contributed by atoms with Crippen LogP contribution in [0.1, 0.15) is 11.5 Å². The molecular weight excluding hydrogens is 186 g/mol. The molecule has 0 bridgehead atoms. The van der Waals surface area contributed by atoms with Crippen LogP contribution < -0.4 is 0 Å². The third-order valence-electron chi connectivity index (χ3n) is 1.51. The van der Waals surface area contributed by atoms with Crippen LogP contribution >= 0.6 is 11.8 Å². The fourth-order valence-corrected chi connectivity index (χ4v) is 1.67. The molecule has 2 rings (SSSR count). The van der Waals surface area contributed by atoms with Crippen LogP contribution in [0.5, 0.6) is 0 Å². The van der Waals surface area contributed by atoms with Crippen molar-refractivity contribution < 1.29 is 4.52 Å². The summed E-state index contributed by atoms with van der Waals surface area (Å²) in [7, 11) is 0. The maximum absolute atomic E-state index is 4.94. The molecule has 0 saturated heterocycles. The molecule has 0 aliphatic rings. The number of thioether (sulfide) groups is 1. The minimum atomic E-state index is 0.783. The fourth-order valence-electron chi connectivity index (χ4n) is 0.958. The zero-order valence-corrected chi connectivity index (χ0v) is 7.97. The quantitative estimate of drug-likeness (QED) is 0.761. The van der Waals surface area contributed by atoms with Gasteiger partial charge in [0.25, 0.3) is 0 Å². The van der Waals surface area contributed by atoms with Crippen LogP contribution in [0.15, 0.2) is 28.1 Å². The van der Waals surface area contributed by atoms with Gasteiger partial charge in [0.05, 0.1) is 5.69 Å². The van der Waals surface area contributed by atoms with E-state index < -0.39 is 0 Å². The van der Waals surface area contributed by atoms with Crippen LogP contribution in [0.25, 0.3) is 0 Å². The second-order valence-corrected chi connectivity index (χ2v) is 3.58. The molecule has 2 aromatic rings. The number of aryl methyl sites for hydroxylation is 1. The van der Waals surface area contributed by atoms with Crippen LogP contribution in [-0.4, -0.2) is 15.1 Å². The summed E-state index contributed by atoms with van der Waals surface area (Å²) in [5.74, 6) is 1.63. The van der Waals surface area contributed by atoms with Gasteiger partial charge in [0.1, 0.15) is 5.76 Å². The number of nitrogens with one attached hydrogen (secondary N) is 1. The summed E-state index contributed by atoms with van der Waals surface area (Å²) >= 11 is 1.60. The molecule has 68 valence electrons. The van der Waals surface area contributed by atoms with Gasteiger partial charge in [-0.2, -0.15) is 0 Å². The largest absolute Gasteiger partial charge is 0.361 e. The number of imidazole rings is 1. The molecule has 1 N–H and O–H groups in total. The first-order chi connectivity index (χ1) is 6.34. The summed E-state index contributed by atoms with van der Waals surface area (Å²) in [4.78, 5) is 7.09. The van der Waals surface area contributed by atoms with Gasteiger partial charge in [-0.25, -0.2) is 4.98 Å². The lowest BCUT2D eigenvalue weighted by Gasteiger charge is -1.91. The maximum Gasteiger partial charge on any atom is 0.165 e. The third kappa shape index (κ3) is 2.12. The SMILES string of the molecule is Cc1cc(CSc2ncc[nH]2)no1. The van der Waals surface area contributed by atoms with E-state index in [0.29, 0.717) is 0 Å². The topological polar surface area (TPSA) is 54.7 Å². The third-order valence-corrected chi connectivity index (χ3v) is 2.44. The van der Waals surface area contributed by atoms with Crippen molar-refractivity contribution in [3.05, 3.63) is 29.9 Å². The predicted octanol–water partition coefficient (Wildman–Crippen LogP) is 2.00. The predicted molar refractivity (Wildman–Crippen MR) is 49.4 cm³/mol. The zero-order valence-electron chi connectivity index (χ0n) is 7.15. The molecule has 0 unspecified atom stereocenters. The first-order valence-corrected chi connectivity index (χ1v) is 4.87. The fraction of sp³-hybridized carbons (Fsp3) is 0.250. The maximum atomic E-state index is 4.94. The normalized spacial score (nSPS) is 10.5. The van der Waals surface area contributed by atoms with Crippen LogP contribution in [0.3, 0.4) is 0 Å². The molecule has 13 heavy (non-hydrogen) atoms. The van der Waals surface area contributed by atoms with Gasteiger partial charge in [-0.3, -0.25) is 0 Å². The summed E-state index contributed by atoms with van der Waals surface area (Å²) in [6.45, 7) is 1.88. The summed E-state index contributed by atoms with van der Waals surface area (Å²) in [5.41, 5.74) is 0.943. The number of hydrogen-bond donors (Lipinski definition) is 1. The highest BCUT2D eigenvalue weighted by molar-refractivity contribution is 7.98. The second kappa shape index (κ2) is 3.66. The molecule has 0 atom stereocenters. The van der Waals surface area contributed by atoms with Crippen molar-refractivity contribution in [3.63, 3.8) is 0 Å². The molecule has 0 aliphatic heterocycles. The Morgan fingerprint density at radius 2 is 2.54 bits per heavy atom. The molecular formula is C8H9N3OS. The van der Waals surface area contributed by atoms with Crippen molar-refractivity contribution in [1.82, 2.24) is 15.1 Å². The Morgan fingerprint density at radius 3 is 3.15 bits per heavy atom. The molecule has 0 amide bonds. The Balaban J connectivity index is 1.93. The zero-order chi connectivity index (χ0) is 9.10. The number of H-pyrrole nitrogens is 1. The van der Waals surface area contributed by atoms with Crippen LogP contribution in [-0.2, 0) is 5.75 Å². The molecule has 2 heterocycles. The first-order valence-electron chi connectivity index (χ1n) is 3.89. The smallest absolute Gasteiger partial charge is 0.165 e. The van der Waals surface area contributed by atoms with Gasteiger partial charge >= 0.3 is 0 Å². The molecule has 0 fully saturated rings. The molecule has 0 spiro atoms. The van der Waals surface area contributed by atoms with Gasteiger partial charge in [-0.05, 0) is 6.92 Å². The van der Waals surface area contributed by atoms with Gasteiger partial charge in [0.15, 0.2) is 5.16 Å². The van der Waals surface area contributed by atoms with E-state index in [1.54, 1.807) is 24.2 Å². The average Bonchev–Trinajstić information content (AvgIpc) is 2.71. The minimum Gasteiger partial charge on any atom is -0.361 e. The molecule has 2 aromatic heterocycles. The van der Waals surface area contributed by atoms with E-state index in [4.69, 9.17) is 4.52 Å². The minimum absolute atomic E-state index is 0.783. The highest BCUT2D eigenvalue weighted by Gasteiger charge is 2.01. The first kappa shape index (κ1) is 8.37. The van der Waals surface area contributed by atoms with Gasteiger partial charge in [-0.15, -0.1) is 0 Å². The van der Waals surface area contributed by atoms with E-state index in [1.165, 1.54) is 0 Å². The van der Waals surface area contributed by atoms with Crippen LogP contribution in [0.2, 0.25) is 0 Å². The standard InChI is InChI=1S/C8H9N3OS/c1-6-4-7(11-12-6)5-13-8-9-2-3-10-8/h2-4H,5H2,1H3,(H,9,10). The number of aromatic nitrogens is 3. The number of aromatic amines is 1. The van der Waals surface area contributed by atoms with Gasteiger partial charge in [0.2, 0.25) is 0 Å². The van der Waals surface area contributed by atoms with Crippen molar-refractivity contribution in [2.75, 3.05) is 0 Å². The molecule has 0 saturated carbocycles. The molecule has 4 nitrogen and oxygen atoms in total. The van der Waals surface area contributed by atoms with Crippen LogP contribution in [0.4, 0.5) is 0 Å². The summed E-state index contributed by atoms with van der Waals surface area (Å²) in [6, 6.07) is 1.93. The van der Waals surface area contributed by atoms with Gasteiger partial charge < -0.3 is 9.51 Å². The lowest BCUT2D eigenvalue weighted by molar-refractivity contribution is 0.393. The number of hydrogen-bond acceptors (Lipinski definition) is 4. The van der Waals surface area contributed by atoms with E-state index in [2.05, 4.69) is 15.1 Å². The van der Waals surface area contributed by atoms with Crippen molar-refractivity contribution >= 4 is 11.8 Å². The van der Waals surface area contributed by atoms with E-state index in [9.17, 15) is 0 Å². The van der Waals surface area contributed by atoms with Crippen molar-refractivity contribution in [1.29, 1.82) is 0 Å². The van der Waals surface area contributed by atoms with Crippen LogP contribution in [0, 0.1) is 6.92 Å². The van der Waals surface area contributed by atoms with E-state index in [1.807, 2.05) is 13.0 Å². The summed E-state index contributed by atoms with van der Waals surface area (Å²) < 4.78 is 4.94. The number of rotatable bonds is 3.